The van der Waals surface area contributed by atoms with E-state index in [1.165, 1.54) is 0 Å². The number of halogens is 1. The molecule has 0 amide bonds. The highest BCUT2D eigenvalue weighted by atomic mass is 79.9. The Bertz CT molecular complexity index is 881. The lowest BCUT2D eigenvalue weighted by Gasteiger charge is -2.39. The highest BCUT2D eigenvalue weighted by molar-refractivity contribution is 9.10. The van der Waals surface area contributed by atoms with Crippen LogP contribution in [-0.4, -0.2) is 35.2 Å². The number of ether oxygens (including phenoxy) is 1. The van der Waals surface area contributed by atoms with E-state index < -0.39 is 27.5 Å². The van der Waals surface area contributed by atoms with Crippen molar-refractivity contribution < 1.29 is 18.3 Å². The van der Waals surface area contributed by atoms with Crippen LogP contribution in [0.25, 0.3) is 0 Å². The molecule has 1 aromatic carbocycles. The molecule has 0 aliphatic carbocycles. The number of alkyl halides is 1. The Balaban J connectivity index is 2.05. The number of nitrogens with zero attached hydrogens (tertiary/aromatic N) is 2. The lowest BCUT2D eigenvalue weighted by molar-refractivity contribution is 0.0242. The van der Waals surface area contributed by atoms with Crippen LogP contribution in [0.5, 0.6) is 0 Å². The monoisotopic (exact) mass is 437 g/mol. The highest BCUT2D eigenvalue weighted by Gasteiger charge is 2.47. The Hall–Kier alpha value is -1.77. The second-order valence-corrected chi connectivity index (χ2v) is 8.37. The van der Waals surface area contributed by atoms with Crippen LogP contribution < -0.4 is 0 Å². The number of aryl methyl sites for hydroxylation is 1. The van der Waals surface area contributed by atoms with E-state index in [1.807, 2.05) is 25.1 Å². The van der Waals surface area contributed by atoms with Gasteiger partial charge in [0.2, 0.25) is 0 Å². The van der Waals surface area contributed by atoms with Crippen molar-refractivity contribution in [1.82, 2.24) is 4.68 Å². The molecule has 3 atom stereocenters. The molecule has 8 heteroatoms. The molecule has 2 heterocycles. The second-order valence-electron chi connectivity index (χ2n) is 6.06. The number of carbonyl (C=O) groups is 1. The lowest BCUT2D eigenvalue weighted by atomic mass is 9.95. The number of hydrogen-bond donors (Lipinski definition) is 0. The van der Waals surface area contributed by atoms with E-state index in [9.17, 15) is 13.6 Å². The van der Waals surface area contributed by atoms with Crippen LogP contribution in [0.1, 0.15) is 41.7 Å². The van der Waals surface area contributed by atoms with Gasteiger partial charge < -0.3 is 9.29 Å². The normalized spacial score (nSPS) is 23.1. The Morgan fingerprint density at radius 1 is 1.35 bits per heavy atom. The molecule has 0 saturated carbocycles. The maximum atomic E-state index is 12.6. The molecule has 0 N–H and O–H groups in total. The van der Waals surface area contributed by atoms with Gasteiger partial charge in [-0.1, -0.05) is 52.1 Å². The molecule has 0 radical (unpaired) electrons. The molecule has 1 aromatic heterocycles. The lowest BCUT2D eigenvalue weighted by Crippen LogP contribution is -2.47. The second kappa shape index (κ2) is 7.46. The van der Waals surface area contributed by atoms with Gasteiger partial charge in [0, 0.05) is 11.4 Å². The van der Waals surface area contributed by atoms with Crippen molar-refractivity contribution in [3.05, 3.63) is 59.4 Å². The van der Waals surface area contributed by atoms with Crippen LogP contribution in [0.3, 0.4) is 0 Å². The van der Waals surface area contributed by atoms with Gasteiger partial charge in [0.05, 0.1) is 17.0 Å². The number of rotatable bonds is 5. The van der Waals surface area contributed by atoms with Crippen LogP contribution >= 0.6 is 15.9 Å². The first-order chi connectivity index (χ1) is 12.4. The molecule has 3 unspecified atom stereocenters. The summed E-state index contributed by atoms with van der Waals surface area (Å²) >= 11 is 1.16. The first-order valence-electron chi connectivity index (χ1n) is 8.14. The summed E-state index contributed by atoms with van der Waals surface area (Å²) in [5.41, 5.74) is 2.53. The minimum Gasteiger partial charge on any atom is -0.772 e. The average Bonchev–Trinajstić information content (AvgIpc) is 3.01. The maximum Gasteiger partial charge on any atom is 0.338 e. The summed E-state index contributed by atoms with van der Waals surface area (Å²) in [6, 6.07) is 12.3. The number of hydrogen-bond acceptors (Lipinski definition) is 5. The number of fused-ring (bicyclic) bond motifs is 1. The maximum absolute atomic E-state index is 12.6. The summed E-state index contributed by atoms with van der Waals surface area (Å²) in [6.45, 7) is 3.73. The highest BCUT2D eigenvalue weighted by Crippen LogP contribution is 2.43. The van der Waals surface area contributed by atoms with Gasteiger partial charge in [-0.3, -0.25) is 4.21 Å². The first-order valence-corrected chi connectivity index (χ1v) is 10.2. The van der Waals surface area contributed by atoms with Gasteiger partial charge in [-0.2, -0.15) is 5.10 Å². The average molecular weight is 438 g/mol. The minimum absolute atomic E-state index is 0.262. The van der Waals surface area contributed by atoms with E-state index >= 15 is 0 Å². The first kappa shape index (κ1) is 19.0. The zero-order valence-corrected chi connectivity index (χ0v) is 16.7. The van der Waals surface area contributed by atoms with E-state index in [0.717, 1.165) is 12.1 Å². The van der Waals surface area contributed by atoms with E-state index in [0.29, 0.717) is 17.0 Å². The molecule has 0 spiro atoms. The Morgan fingerprint density at radius 2 is 2.04 bits per heavy atom. The van der Waals surface area contributed by atoms with Gasteiger partial charge in [0.25, 0.3) is 0 Å². The van der Waals surface area contributed by atoms with Gasteiger partial charge in [0.1, 0.15) is 4.32 Å². The van der Waals surface area contributed by atoms with E-state index in [-0.39, 0.29) is 5.75 Å². The SMILES string of the molecule is CCc1ccc2n1N=C(C)C(Br)(CS(=O)[O-])C2OC(=O)c1ccccc1. The van der Waals surface area contributed by atoms with E-state index in [2.05, 4.69) is 21.0 Å². The quantitative estimate of drug-likeness (QED) is 0.408. The minimum atomic E-state index is -2.35. The zero-order valence-electron chi connectivity index (χ0n) is 14.3. The molecule has 6 nitrogen and oxygen atoms in total. The largest absolute Gasteiger partial charge is 0.772 e. The number of esters is 1. The van der Waals surface area contributed by atoms with Crippen molar-refractivity contribution in [2.45, 2.75) is 30.7 Å². The van der Waals surface area contributed by atoms with Crippen LogP contribution in [0, 0.1) is 0 Å². The molecule has 138 valence electrons. The summed E-state index contributed by atoms with van der Waals surface area (Å²) < 4.78 is 29.3. The van der Waals surface area contributed by atoms with Gasteiger partial charge in [-0.15, -0.1) is 0 Å². The summed E-state index contributed by atoms with van der Waals surface area (Å²) in [5, 5.41) is 4.53. The Labute approximate surface area is 162 Å². The van der Waals surface area contributed by atoms with E-state index in [4.69, 9.17) is 4.74 Å². The Kier molecular flexibility index (Phi) is 5.45. The number of carbonyl (C=O) groups excluding carboxylic acids is 1. The van der Waals surface area contributed by atoms with Crippen LogP contribution in [0.15, 0.2) is 47.6 Å². The van der Waals surface area contributed by atoms with Gasteiger partial charge in [0.15, 0.2) is 6.10 Å². The molecule has 0 fully saturated rings. The predicted octanol–water partition coefficient (Wildman–Crippen LogP) is 3.20. The van der Waals surface area contributed by atoms with Gasteiger partial charge >= 0.3 is 5.97 Å². The molecule has 0 saturated heterocycles. The summed E-state index contributed by atoms with van der Waals surface area (Å²) in [5.74, 6) is -0.779. The Morgan fingerprint density at radius 3 is 2.65 bits per heavy atom. The molecule has 0 bridgehead atoms. The number of aromatic nitrogens is 1. The fourth-order valence-electron chi connectivity index (χ4n) is 2.99. The third-order valence-corrected chi connectivity index (χ3v) is 6.76. The fourth-order valence-corrected chi connectivity index (χ4v) is 4.66. The molecule has 26 heavy (non-hydrogen) atoms. The predicted molar refractivity (Wildman–Crippen MR) is 102 cm³/mol. The third kappa shape index (κ3) is 3.41. The summed E-state index contributed by atoms with van der Waals surface area (Å²) in [4.78, 5) is 12.6. The van der Waals surface area contributed by atoms with Crippen molar-refractivity contribution in [2.24, 2.45) is 5.10 Å². The van der Waals surface area contributed by atoms with Crippen molar-refractivity contribution in [2.75, 3.05) is 5.75 Å². The molecule has 1 aliphatic heterocycles. The molecular formula is C18H18BrN2O4S-. The smallest absolute Gasteiger partial charge is 0.338 e. The van der Waals surface area contributed by atoms with E-state index in [1.54, 1.807) is 35.9 Å². The molecule has 3 rings (SSSR count). The van der Waals surface area contributed by atoms with Crippen molar-refractivity contribution >= 4 is 38.7 Å². The number of benzene rings is 1. The van der Waals surface area contributed by atoms with Crippen LogP contribution in [-0.2, 0) is 22.2 Å². The summed E-state index contributed by atoms with van der Waals surface area (Å²) in [7, 11) is 0. The standard InChI is InChI=1S/C18H19BrN2O4S/c1-3-14-9-10-15-16(25-17(22)13-7-5-4-6-8-13)18(19,11-26(23)24)12(2)20-21(14)15/h4-10,16H,3,11H2,1-2H3,(H,23,24)/p-1. The summed E-state index contributed by atoms with van der Waals surface area (Å²) in [6.07, 6.45) is -0.0790. The van der Waals surface area contributed by atoms with Gasteiger partial charge in [-0.25, -0.2) is 9.47 Å². The van der Waals surface area contributed by atoms with Crippen LogP contribution in [0.4, 0.5) is 0 Å². The molecule has 1 aliphatic rings. The zero-order chi connectivity index (χ0) is 18.9. The van der Waals surface area contributed by atoms with Crippen molar-refractivity contribution in [1.29, 1.82) is 0 Å². The van der Waals surface area contributed by atoms with Crippen molar-refractivity contribution in [3.63, 3.8) is 0 Å². The molecular weight excluding hydrogens is 420 g/mol. The molecule has 2 aromatic rings. The third-order valence-electron chi connectivity index (χ3n) is 4.42. The van der Waals surface area contributed by atoms with Crippen molar-refractivity contribution in [3.8, 4) is 0 Å². The van der Waals surface area contributed by atoms with Gasteiger partial charge in [-0.05, 0) is 37.6 Å². The fraction of sp³-hybridized carbons (Fsp3) is 0.333. The topological polar surface area (TPSA) is 83.7 Å². The van der Waals surface area contributed by atoms with Crippen LogP contribution in [0.2, 0.25) is 0 Å².